The third kappa shape index (κ3) is 5.72. The van der Waals surface area contributed by atoms with Gasteiger partial charge in [-0.3, -0.25) is 0 Å². The van der Waals surface area contributed by atoms with E-state index in [1.54, 1.807) is 13.0 Å². The van der Waals surface area contributed by atoms with E-state index in [1.807, 2.05) is 6.08 Å². The Kier molecular flexibility index (Phi) is 7.90. The maximum absolute atomic E-state index is 7.56. The van der Waals surface area contributed by atoms with Gasteiger partial charge in [0.1, 0.15) is 0 Å². The summed E-state index contributed by atoms with van der Waals surface area (Å²) in [5.74, 6) is 0.418. The maximum Gasteiger partial charge on any atom is 0.0283 e. The van der Waals surface area contributed by atoms with Crippen molar-refractivity contribution in [3.05, 3.63) is 157 Å². The molecule has 1 aliphatic rings. The summed E-state index contributed by atoms with van der Waals surface area (Å²) in [4.78, 5) is 0. The molecular weight excluding hydrogens is 518 g/mol. The molecule has 1 atom stereocenters. The van der Waals surface area contributed by atoms with E-state index in [4.69, 9.17) is 5.41 Å². The Hall–Kier alpha value is -5.01. The number of hydrogen-bond donors (Lipinski definition) is 1. The second-order valence-corrected chi connectivity index (χ2v) is 11.6. The maximum atomic E-state index is 7.56. The first-order valence-electron chi connectivity index (χ1n) is 15.0. The van der Waals surface area contributed by atoms with Crippen molar-refractivity contribution in [3.63, 3.8) is 0 Å². The first-order chi connectivity index (χ1) is 20.9. The molecule has 0 saturated heterocycles. The SMILES string of the molecule is C=C(/C=C\C(C)=N)C/C=C\C(=C)c1ccc2ccc(-c3c4c(c(-c5ccccc5)c5ccccc35)C=CCC4C)cc2c1. The van der Waals surface area contributed by atoms with E-state index >= 15 is 0 Å². The minimum Gasteiger partial charge on any atom is -0.306 e. The number of fused-ring (bicyclic) bond motifs is 3. The molecule has 210 valence electrons. The van der Waals surface area contributed by atoms with Crippen molar-refractivity contribution in [1.82, 2.24) is 0 Å². The lowest BCUT2D eigenvalue weighted by molar-refractivity contribution is 0.775. The van der Waals surface area contributed by atoms with E-state index in [0.29, 0.717) is 11.6 Å². The van der Waals surface area contributed by atoms with Crippen molar-refractivity contribution in [3.8, 4) is 22.3 Å². The lowest BCUT2D eigenvalue weighted by Gasteiger charge is -2.27. The molecule has 0 radical (unpaired) electrons. The summed E-state index contributed by atoms with van der Waals surface area (Å²) in [6.07, 6.45) is 14.3. The smallest absolute Gasteiger partial charge is 0.0283 e. The van der Waals surface area contributed by atoms with E-state index < -0.39 is 0 Å². The zero-order valence-electron chi connectivity index (χ0n) is 25.0. The van der Waals surface area contributed by atoms with E-state index in [2.05, 4.69) is 135 Å². The van der Waals surface area contributed by atoms with Crippen molar-refractivity contribution in [2.45, 2.75) is 32.6 Å². The topological polar surface area (TPSA) is 23.9 Å². The van der Waals surface area contributed by atoms with Crippen molar-refractivity contribution < 1.29 is 0 Å². The Balaban J connectivity index is 1.45. The van der Waals surface area contributed by atoms with Gasteiger partial charge in [-0.1, -0.05) is 135 Å². The summed E-state index contributed by atoms with van der Waals surface area (Å²) in [6, 6.07) is 33.2. The number of hydrogen-bond acceptors (Lipinski definition) is 1. The molecule has 0 fully saturated rings. The van der Waals surface area contributed by atoms with Gasteiger partial charge in [0.05, 0.1) is 0 Å². The van der Waals surface area contributed by atoms with E-state index in [9.17, 15) is 0 Å². The number of nitrogens with one attached hydrogen (secondary N) is 1. The molecule has 0 amide bonds. The van der Waals surface area contributed by atoms with E-state index in [-0.39, 0.29) is 0 Å². The van der Waals surface area contributed by atoms with Gasteiger partial charge in [0.15, 0.2) is 0 Å². The number of rotatable bonds is 8. The first-order valence-corrected chi connectivity index (χ1v) is 15.0. The second-order valence-electron chi connectivity index (χ2n) is 11.6. The molecule has 5 aromatic rings. The quantitative estimate of drug-likeness (QED) is 0.145. The van der Waals surface area contributed by atoms with Gasteiger partial charge >= 0.3 is 0 Å². The fourth-order valence-corrected chi connectivity index (χ4v) is 6.26. The van der Waals surface area contributed by atoms with Crippen LogP contribution in [0.4, 0.5) is 0 Å². The molecule has 5 aromatic carbocycles. The van der Waals surface area contributed by atoms with Gasteiger partial charge in [-0.05, 0) is 110 Å². The Morgan fingerprint density at radius 1 is 0.791 bits per heavy atom. The van der Waals surface area contributed by atoms with Gasteiger partial charge in [0.2, 0.25) is 0 Å². The minimum absolute atomic E-state index is 0.418. The van der Waals surface area contributed by atoms with Crippen molar-refractivity contribution in [1.29, 1.82) is 5.41 Å². The van der Waals surface area contributed by atoms with Crippen LogP contribution >= 0.6 is 0 Å². The van der Waals surface area contributed by atoms with Crippen molar-refractivity contribution in [2.75, 3.05) is 0 Å². The first kappa shape index (κ1) is 28.1. The fourth-order valence-electron chi connectivity index (χ4n) is 6.26. The Morgan fingerprint density at radius 2 is 1.51 bits per heavy atom. The Labute approximate surface area is 255 Å². The summed E-state index contributed by atoms with van der Waals surface area (Å²) >= 11 is 0. The summed E-state index contributed by atoms with van der Waals surface area (Å²) in [6.45, 7) is 12.6. The predicted octanol–water partition coefficient (Wildman–Crippen LogP) is 12.0. The predicted molar refractivity (Wildman–Crippen MR) is 189 cm³/mol. The molecule has 0 aliphatic heterocycles. The van der Waals surface area contributed by atoms with Crippen LogP contribution in [0.1, 0.15) is 49.3 Å². The third-order valence-electron chi connectivity index (χ3n) is 8.39. The molecule has 1 unspecified atom stereocenters. The van der Waals surface area contributed by atoms with Crippen LogP contribution in [0.5, 0.6) is 0 Å². The Bertz CT molecular complexity index is 1980. The summed E-state index contributed by atoms with van der Waals surface area (Å²) in [5.41, 5.74) is 11.6. The van der Waals surface area contributed by atoms with Gasteiger partial charge in [-0.15, -0.1) is 0 Å². The van der Waals surface area contributed by atoms with Gasteiger partial charge in [-0.2, -0.15) is 0 Å². The van der Waals surface area contributed by atoms with Crippen LogP contribution in [0.15, 0.2) is 140 Å². The van der Waals surface area contributed by atoms with Crippen LogP contribution in [0.25, 0.3) is 55.4 Å². The average Bonchev–Trinajstić information content (AvgIpc) is 3.02. The van der Waals surface area contributed by atoms with Crippen LogP contribution in [-0.4, -0.2) is 5.71 Å². The molecule has 1 N–H and O–H groups in total. The summed E-state index contributed by atoms with van der Waals surface area (Å²) in [5, 5.41) is 12.6. The molecule has 0 spiro atoms. The van der Waals surface area contributed by atoms with Crippen LogP contribution < -0.4 is 0 Å². The molecule has 1 heteroatoms. The summed E-state index contributed by atoms with van der Waals surface area (Å²) < 4.78 is 0. The molecule has 0 bridgehead atoms. The standard InChI is InChI=1S/C42H37N/c1-28(20-21-31(4)43)12-10-13-29(2)34-24-22-32-23-25-35(27-36(32)26-34)42-38-18-9-8-17-37(38)41(33-15-6-5-7-16-33)39-19-11-14-30(3)40(39)42/h5-11,13,15-27,30,43H,1-2,12,14H2,3-4H3/b13-10-,21-20-,43-31?. The number of allylic oxidation sites excluding steroid dienone is 7. The van der Waals surface area contributed by atoms with Crippen LogP contribution in [-0.2, 0) is 0 Å². The fraction of sp³-hybridized carbons (Fsp3) is 0.119. The minimum atomic E-state index is 0.418. The van der Waals surface area contributed by atoms with Crippen molar-refractivity contribution in [2.24, 2.45) is 0 Å². The average molecular weight is 556 g/mol. The highest BCUT2D eigenvalue weighted by molar-refractivity contribution is 6.11. The molecule has 6 rings (SSSR count). The highest BCUT2D eigenvalue weighted by atomic mass is 14.4. The van der Waals surface area contributed by atoms with Crippen LogP contribution in [0, 0.1) is 5.41 Å². The monoisotopic (exact) mass is 555 g/mol. The zero-order chi connectivity index (χ0) is 29.9. The normalized spacial score (nSPS) is 14.5. The molecule has 0 aromatic heterocycles. The van der Waals surface area contributed by atoms with Gasteiger partial charge in [-0.25, -0.2) is 0 Å². The van der Waals surface area contributed by atoms with Gasteiger partial charge in [0, 0.05) is 5.71 Å². The van der Waals surface area contributed by atoms with E-state index in [0.717, 1.165) is 29.6 Å². The lowest BCUT2D eigenvalue weighted by Crippen LogP contribution is -2.06. The van der Waals surface area contributed by atoms with Gasteiger partial charge in [0.25, 0.3) is 0 Å². The molecule has 43 heavy (non-hydrogen) atoms. The zero-order valence-corrected chi connectivity index (χ0v) is 25.0. The number of benzene rings is 5. The summed E-state index contributed by atoms with van der Waals surface area (Å²) in [7, 11) is 0. The highest BCUT2D eigenvalue weighted by Gasteiger charge is 2.25. The van der Waals surface area contributed by atoms with E-state index in [1.165, 1.54) is 54.9 Å². The molecular formula is C42H37N. The molecule has 1 aliphatic carbocycles. The molecule has 0 heterocycles. The third-order valence-corrected chi connectivity index (χ3v) is 8.39. The molecule has 0 saturated carbocycles. The highest BCUT2D eigenvalue weighted by Crippen LogP contribution is 2.48. The lowest BCUT2D eigenvalue weighted by atomic mass is 9.76. The molecule has 1 nitrogen and oxygen atoms in total. The van der Waals surface area contributed by atoms with Crippen LogP contribution in [0.3, 0.4) is 0 Å². The second kappa shape index (κ2) is 12.1. The Morgan fingerprint density at radius 3 is 2.28 bits per heavy atom. The van der Waals surface area contributed by atoms with Crippen molar-refractivity contribution >= 4 is 38.9 Å². The largest absolute Gasteiger partial charge is 0.306 e. The van der Waals surface area contributed by atoms with Crippen LogP contribution in [0.2, 0.25) is 0 Å². The van der Waals surface area contributed by atoms with Gasteiger partial charge < -0.3 is 5.41 Å².